The summed E-state index contributed by atoms with van der Waals surface area (Å²) >= 11 is 5.75. The highest BCUT2D eigenvalue weighted by molar-refractivity contribution is 6.30. The van der Waals surface area contributed by atoms with Crippen LogP contribution >= 0.6 is 11.6 Å². The average Bonchev–Trinajstić information content (AvgIpc) is 2.76. The van der Waals surface area contributed by atoms with Crippen LogP contribution in [0.1, 0.15) is 5.89 Å². The molecule has 0 atom stereocenters. The zero-order chi connectivity index (χ0) is 12.3. The van der Waals surface area contributed by atoms with Gasteiger partial charge in [-0.1, -0.05) is 11.6 Å². The van der Waals surface area contributed by atoms with Crippen LogP contribution in [0, 0.1) is 0 Å². The molecule has 0 aliphatic rings. The minimum absolute atomic E-state index is 0.143. The minimum Gasteiger partial charge on any atom is -0.440 e. The molecule has 2 N–H and O–H groups in total. The van der Waals surface area contributed by atoms with Crippen LogP contribution < -0.4 is 5.73 Å². The second kappa shape index (κ2) is 4.84. The molecular formula is C10H8ClN3O3. The second-order valence-corrected chi connectivity index (χ2v) is 3.55. The molecule has 0 saturated heterocycles. The monoisotopic (exact) mass is 253 g/mol. The Morgan fingerprint density at radius 2 is 2.06 bits per heavy atom. The van der Waals surface area contributed by atoms with Crippen LogP contribution in [-0.2, 0) is 11.3 Å². The molecule has 0 aliphatic heterocycles. The molecule has 0 spiro atoms. The molecule has 0 saturated carbocycles. The van der Waals surface area contributed by atoms with Crippen molar-refractivity contribution in [1.82, 2.24) is 10.2 Å². The molecule has 17 heavy (non-hydrogen) atoms. The summed E-state index contributed by atoms with van der Waals surface area (Å²) in [6.07, 6.45) is -0.892. The fourth-order valence-electron chi connectivity index (χ4n) is 1.15. The summed E-state index contributed by atoms with van der Waals surface area (Å²) in [6.45, 7) is -0.143. The van der Waals surface area contributed by atoms with Crippen LogP contribution in [0.5, 0.6) is 0 Å². The first-order valence-electron chi connectivity index (χ1n) is 4.65. The first kappa shape index (κ1) is 11.4. The Morgan fingerprint density at radius 1 is 1.35 bits per heavy atom. The van der Waals surface area contributed by atoms with E-state index in [1.165, 1.54) is 0 Å². The highest BCUT2D eigenvalue weighted by atomic mass is 35.5. The van der Waals surface area contributed by atoms with Gasteiger partial charge in [0.15, 0.2) is 6.61 Å². The van der Waals surface area contributed by atoms with Crippen molar-refractivity contribution in [2.45, 2.75) is 6.61 Å². The molecule has 1 aromatic heterocycles. The lowest BCUT2D eigenvalue weighted by molar-refractivity contribution is 0.139. The maximum Gasteiger partial charge on any atom is 0.405 e. The number of amides is 1. The zero-order valence-corrected chi connectivity index (χ0v) is 9.35. The largest absolute Gasteiger partial charge is 0.440 e. The van der Waals surface area contributed by atoms with Crippen LogP contribution in [-0.4, -0.2) is 16.3 Å². The Hall–Kier alpha value is -2.08. The molecule has 2 aromatic rings. The number of halogens is 1. The van der Waals surface area contributed by atoms with Crippen molar-refractivity contribution in [3.8, 4) is 11.5 Å². The molecule has 0 fully saturated rings. The molecule has 6 nitrogen and oxygen atoms in total. The number of carbonyl (C=O) groups is 1. The molecule has 88 valence electrons. The summed E-state index contributed by atoms with van der Waals surface area (Å²) in [4.78, 5) is 10.4. The van der Waals surface area contributed by atoms with E-state index in [0.717, 1.165) is 5.56 Å². The van der Waals surface area contributed by atoms with Crippen molar-refractivity contribution in [3.05, 3.63) is 35.2 Å². The van der Waals surface area contributed by atoms with E-state index >= 15 is 0 Å². The van der Waals surface area contributed by atoms with E-state index < -0.39 is 6.09 Å². The number of primary amides is 1. The molecule has 1 amide bonds. The van der Waals surface area contributed by atoms with Crippen LogP contribution in [0.15, 0.2) is 28.7 Å². The van der Waals surface area contributed by atoms with Crippen molar-refractivity contribution < 1.29 is 13.9 Å². The van der Waals surface area contributed by atoms with Gasteiger partial charge in [0.1, 0.15) is 0 Å². The summed E-state index contributed by atoms with van der Waals surface area (Å²) in [6, 6.07) is 6.91. The Labute approximate surface area is 101 Å². The first-order chi connectivity index (χ1) is 8.15. The summed E-state index contributed by atoms with van der Waals surface area (Å²) in [5.41, 5.74) is 5.54. The molecule has 7 heteroatoms. The summed E-state index contributed by atoms with van der Waals surface area (Å²) < 4.78 is 9.78. The van der Waals surface area contributed by atoms with Gasteiger partial charge in [-0.25, -0.2) is 4.79 Å². The summed E-state index contributed by atoms with van der Waals surface area (Å²) in [5, 5.41) is 8.12. The standard InChI is InChI=1S/C10H8ClN3O3/c11-7-3-1-6(2-4-7)9-14-13-8(17-9)5-16-10(12)15/h1-4H,5H2,(H2,12,15). The van der Waals surface area contributed by atoms with Gasteiger partial charge in [0.25, 0.3) is 5.89 Å². The Bertz CT molecular complexity index is 524. The number of aromatic nitrogens is 2. The smallest absolute Gasteiger partial charge is 0.405 e. The van der Waals surface area contributed by atoms with Crippen molar-refractivity contribution >= 4 is 17.7 Å². The number of nitrogens with two attached hydrogens (primary N) is 1. The molecular weight excluding hydrogens is 246 g/mol. The lowest BCUT2D eigenvalue weighted by atomic mass is 10.2. The van der Waals surface area contributed by atoms with Gasteiger partial charge < -0.3 is 14.9 Å². The average molecular weight is 254 g/mol. The number of hydrogen-bond acceptors (Lipinski definition) is 5. The number of benzene rings is 1. The van der Waals surface area contributed by atoms with Gasteiger partial charge in [-0.15, -0.1) is 10.2 Å². The maximum absolute atomic E-state index is 10.4. The van der Waals surface area contributed by atoms with E-state index in [4.69, 9.17) is 21.8 Å². The molecule has 2 rings (SSSR count). The summed E-state index contributed by atoms with van der Waals surface area (Å²) in [5.74, 6) is 0.499. The number of rotatable bonds is 3. The summed E-state index contributed by atoms with van der Waals surface area (Å²) in [7, 11) is 0. The van der Waals surface area contributed by atoms with Gasteiger partial charge in [0.05, 0.1) is 0 Å². The van der Waals surface area contributed by atoms with Crippen molar-refractivity contribution in [1.29, 1.82) is 0 Å². The van der Waals surface area contributed by atoms with Gasteiger partial charge >= 0.3 is 6.09 Å². The Morgan fingerprint density at radius 3 is 2.71 bits per heavy atom. The fraction of sp³-hybridized carbons (Fsp3) is 0.100. The van der Waals surface area contributed by atoms with Gasteiger partial charge in [-0.05, 0) is 24.3 Å². The Kier molecular flexibility index (Phi) is 3.24. The lowest BCUT2D eigenvalue weighted by Crippen LogP contribution is -2.12. The third kappa shape index (κ3) is 2.94. The number of nitrogens with zero attached hydrogens (tertiary/aromatic N) is 2. The third-order valence-corrected chi connectivity index (χ3v) is 2.15. The lowest BCUT2D eigenvalue weighted by Gasteiger charge is -1.95. The van der Waals surface area contributed by atoms with Crippen LogP contribution in [0.2, 0.25) is 5.02 Å². The fourth-order valence-corrected chi connectivity index (χ4v) is 1.28. The quantitative estimate of drug-likeness (QED) is 0.903. The van der Waals surface area contributed by atoms with E-state index in [1.807, 2.05) is 0 Å². The molecule has 1 aromatic carbocycles. The minimum atomic E-state index is -0.892. The van der Waals surface area contributed by atoms with E-state index in [1.54, 1.807) is 24.3 Å². The van der Waals surface area contributed by atoms with Crippen molar-refractivity contribution in [2.75, 3.05) is 0 Å². The van der Waals surface area contributed by atoms with Crippen molar-refractivity contribution in [3.63, 3.8) is 0 Å². The van der Waals surface area contributed by atoms with Crippen molar-refractivity contribution in [2.24, 2.45) is 5.73 Å². The predicted molar refractivity (Wildman–Crippen MR) is 59.1 cm³/mol. The van der Waals surface area contributed by atoms with Crippen LogP contribution in [0.25, 0.3) is 11.5 Å². The SMILES string of the molecule is NC(=O)OCc1nnc(-c2ccc(Cl)cc2)o1. The molecule has 0 unspecified atom stereocenters. The first-order valence-corrected chi connectivity index (χ1v) is 5.03. The Balaban J connectivity index is 2.12. The zero-order valence-electron chi connectivity index (χ0n) is 8.59. The van der Waals surface area contributed by atoms with E-state index in [9.17, 15) is 4.79 Å². The topological polar surface area (TPSA) is 91.2 Å². The third-order valence-electron chi connectivity index (χ3n) is 1.90. The van der Waals surface area contributed by atoms with Crippen LogP contribution in [0.4, 0.5) is 4.79 Å². The number of hydrogen-bond donors (Lipinski definition) is 1. The van der Waals surface area contributed by atoms with Crippen LogP contribution in [0.3, 0.4) is 0 Å². The highest BCUT2D eigenvalue weighted by Gasteiger charge is 2.09. The number of carbonyl (C=O) groups excluding carboxylic acids is 1. The molecule has 0 bridgehead atoms. The molecule has 1 heterocycles. The highest BCUT2D eigenvalue weighted by Crippen LogP contribution is 2.20. The second-order valence-electron chi connectivity index (χ2n) is 3.12. The normalized spacial score (nSPS) is 10.2. The van der Waals surface area contributed by atoms with E-state index in [2.05, 4.69) is 14.9 Å². The van der Waals surface area contributed by atoms with E-state index in [-0.39, 0.29) is 12.5 Å². The predicted octanol–water partition coefficient (Wildman–Crippen LogP) is 1.99. The number of ether oxygens (including phenoxy) is 1. The molecule has 0 aliphatic carbocycles. The van der Waals surface area contributed by atoms with E-state index in [0.29, 0.717) is 10.9 Å². The van der Waals surface area contributed by atoms with Gasteiger partial charge in [-0.3, -0.25) is 0 Å². The van der Waals surface area contributed by atoms with Gasteiger partial charge in [-0.2, -0.15) is 0 Å². The van der Waals surface area contributed by atoms with Gasteiger partial charge in [0, 0.05) is 10.6 Å². The maximum atomic E-state index is 10.4. The molecule has 0 radical (unpaired) electrons. The van der Waals surface area contributed by atoms with Gasteiger partial charge in [0.2, 0.25) is 5.89 Å².